The first kappa shape index (κ1) is 14.2. The molecule has 5 heteroatoms. The van der Waals surface area contributed by atoms with Crippen molar-refractivity contribution in [2.75, 3.05) is 6.54 Å². The second-order valence-electron chi connectivity index (χ2n) is 4.78. The Morgan fingerprint density at radius 2 is 2.18 bits per heavy atom. The molecule has 3 atom stereocenters. The minimum atomic E-state index is -0.300. The summed E-state index contributed by atoms with van der Waals surface area (Å²) in [6, 6.07) is 0.320. The summed E-state index contributed by atoms with van der Waals surface area (Å²) >= 11 is 0. The van der Waals surface area contributed by atoms with E-state index in [-0.39, 0.29) is 18.2 Å². The highest BCUT2D eigenvalue weighted by Gasteiger charge is 2.17. The maximum atomic E-state index is 9.35. The quantitative estimate of drug-likeness (QED) is 0.676. The van der Waals surface area contributed by atoms with Gasteiger partial charge in [0, 0.05) is 37.4 Å². The fourth-order valence-corrected chi connectivity index (χ4v) is 2.17. The number of aliphatic hydroxyl groups is 1. The number of nitrogens with one attached hydrogen (secondary N) is 1. The van der Waals surface area contributed by atoms with Crippen molar-refractivity contribution in [3.63, 3.8) is 0 Å². The van der Waals surface area contributed by atoms with Crippen LogP contribution in [0.2, 0.25) is 0 Å². The summed E-state index contributed by atoms with van der Waals surface area (Å²) < 4.78 is 1.80. The monoisotopic (exact) mass is 240 g/mol. The van der Waals surface area contributed by atoms with E-state index in [1.54, 1.807) is 11.6 Å². The van der Waals surface area contributed by atoms with E-state index >= 15 is 0 Å². The third-order valence-electron chi connectivity index (χ3n) is 2.84. The Morgan fingerprint density at radius 3 is 2.59 bits per heavy atom. The minimum absolute atomic E-state index is 0.0949. The number of nitrogens with two attached hydrogens (primary N) is 1. The van der Waals surface area contributed by atoms with Gasteiger partial charge in [-0.25, -0.2) is 0 Å². The normalized spacial score (nSPS) is 16.8. The first-order valence-electron chi connectivity index (χ1n) is 6.08. The van der Waals surface area contributed by atoms with Gasteiger partial charge in [0.2, 0.25) is 0 Å². The molecule has 0 aliphatic carbocycles. The predicted molar refractivity (Wildman–Crippen MR) is 68.6 cm³/mol. The van der Waals surface area contributed by atoms with Crippen LogP contribution < -0.4 is 11.1 Å². The highest BCUT2D eigenvalue weighted by Crippen LogP contribution is 2.16. The Balaban J connectivity index is 2.68. The zero-order valence-electron chi connectivity index (χ0n) is 11.1. The van der Waals surface area contributed by atoms with Crippen LogP contribution in [0.4, 0.5) is 0 Å². The highest BCUT2D eigenvalue weighted by atomic mass is 16.3. The zero-order chi connectivity index (χ0) is 13.0. The van der Waals surface area contributed by atoms with E-state index < -0.39 is 0 Å². The van der Waals surface area contributed by atoms with Gasteiger partial charge in [0.05, 0.1) is 11.8 Å². The lowest BCUT2D eigenvalue weighted by atomic mass is 10.1. The topological polar surface area (TPSA) is 76.1 Å². The number of nitrogens with zero attached hydrogens (tertiary/aromatic N) is 2. The van der Waals surface area contributed by atoms with Gasteiger partial charge in [0.1, 0.15) is 0 Å². The van der Waals surface area contributed by atoms with Crippen LogP contribution in [0, 0.1) is 6.92 Å². The number of hydrogen-bond donors (Lipinski definition) is 3. The van der Waals surface area contributed by atoms with Gasteiger partial charge >= 0.3 is 0 Å². The van der Waals surface area contributed by atoms with Crippen molar-refractivity contribution in [1.29, 1.82) is 0 Å². The second-order valence-corrected chi connectivity index (χ2v) is 4.78. The van der Waals surface area contributed by atoms with E-state index in [4.69, 9.17) is 5.73 Å². The van der Waals surface area contributed by atoms with Crippen molar-refractivity contribution in [1.82, 2.24) is 15.1 Å². The Morgan fingerprint density at radius 1 is 1.53 bits per heavy atom. The van der Waals surface area contributed by atoms with Crippen LogP contribution in [-0.2, 0) is 7.05 Å². The van der Waals surface area contributed by atoms with Crippen LogP contribution in [-0.4, -0.2) is 33.6 Å². The lowest BCUT2D eigenvalue weighted by Crippen LogP contribution is -2.36. The van der Waals surface area contributed by atoms with E-state index in [0.29, 0.717) is 6.54 Å². The smallest absolute Gasteiger partial charge is 0.0641 e. The molecule has 0 bridgehead atoms. The van der Waals surface area contributed by atoms with Crippen LogP contribution in [0.3, 0.4) is 0 Å². The van der Waals surface area contributed by atoms with Gasteiger partial charge in [-0.2, -0.15) is 5.10 Å². The van der Waals surface area contributed by atoms with E-state index in [9.17, 15) is 5.11 Å². The molecule has 1 heterocycles. The van der Waals surface area contributed by atoms with Gasteiger partial charge in [0.15, 0.2) is 0 Å². The Labute approximate surface area is 103 Å². The molecule has 0 aliphatic rings. The molecule has 0 spiro atoms. The van der Waals surface area contributed by atoms with Crippen molar-refractivity contribution >= 4 is 0 Å². The summed E-state index contributed by atoms with van der Waals surface area (Å²) in [6.07, 6.45) is 2.41. The third-order valence-corrected chi connectivity index (χ3v) is 2.84. The van der Waals surface area contributed by atoms with Crippen LogP contribution in [0.1, 0.15) is 37.6 Å². The van der Waals surface area contributed by atoms with Crippen LogP contribution >= 0.6 is 0 Å². The lowest BCUT2D eigenvalue weighted by molar-refractivity contribution is 0.168. The maximum Gasteiger partial charge on any atom is 0.0641 e. The molecule has 5 nitrogen and oxygen atoms in total. The SMILES string of the molecule is Cc1nn(C)cc1C(CN)NC(C)CC(C)O. The van der Waals surface area contributed by atoms with Crippen molar-refractivity contribution in [2.24, 2.45) is 12.8 Å². The fourth-order valence-electron chi connectivity index (χ4n) is 2.17. The Hall–Kier alpha value is -0.910. The molecule has 4 N–H and O–H groups in total. The van der Waals surface area contributed by atoms with Crippen molar-refractivity contribution in [3.8, 4) is 0 Å². The van der Waals surface area contributed by atoms with E-state index in [1.165, 1.54) is 0 Å². The minimum Gasteiger partial charge on any atom is -0.393 e. The number of aliphatic hydroxyl groups excluding tert-OH is 1. The van der Waals surface area contributed by atoms with E-state index in [0.717, 1.165) is 17.7 Å². The Kier molecular flexibility index (Phi) is 5.11. The molecule has 1 aromatic heterocycles. The molecule has 1 aromatic rings. The standard InChI is InChI=1S/C12H24N4O/c1-8(5-9(2)17)14-12(6-13)11-7-16(4)15-10(11)3/h7-9,12,14,17H,5-6,13H2,1-4H3. The molecule has 3 unspecified atom stereocenters. The summed E-state index contributed by atoms with van der Waals surface area (Å²) in [5.41, 5.74) is 7.93. The highest BCUT2D eigenvalue weighted by molar-refractivity contribution is 5.20. The first-order valence-corrected chi connectivity index (χ1v) is 6.08. The molecule has 98 valence electrons. The van der Waals surface area contributed by atoms with E-state index in [1.807, 2.05) is 20.2 Å². The molecule has 1 rings (SSSR count). The molecule has 0 aliphatic heterocycles. The van der Waals surface area contributed by atoms with E-state index in [2.05, 4.69) is 17.3 Å². The molecular formula is C12H24N4O. The second kappa shape index (κ2) is 6.14. The molecule has 17 heavy (non-hydrogen) atoms. The van der Waals surface area contributed by atoms with Gasteiger partial charge < -0.3 is 16.2 Å². The van der Waals surface area contributed by atoms with Crippen LogP contribution in [0.25, 0.3) is 0 Å². The fraction of sp³-hybridized carbons (Fsp3) is 0.750. The van der Waals surface area contributed by atoms with Gasteiger partial charge in [-0.05, 0) is 27.2 Å². The van der Waals surface area contributed by atoms with Gasteiger partial charge in [-0.1, -0.05) is 0 Å². The summed E-state index contributed by atoms with van der Waals surface area (Å²) in [6.45, 7) is 6.36. The summed E-state index contributed by atoms with van der Waals surface area (Å²) in [5, 5.41) is 17.1. The number of aromatic nitrogens is 2. The summed E-state index contributed by atoms with van der Waals surface area (Å²) in [4.78, 5) is 0. The van der Waals surface area contributed by atoms with Gasteiger partial charge in [-0.3, -0.25) is 4.68 Å². The number of aryl methyl sites for hydroxylation is 2. The van der Waals surface area contributed by atoms with Crippen molar-refractivity contribution in [3.05, 3.63) is 17.5 Å². The molecule has 0 radical (unpaired) electrons. The van der Waals surface area contributed by atoms with Gasteiger partial charge in [-0.15, -0.1) is 0 Å². The van der Waals surface area contributed by atoms with Crippen molar-refractivity contribution in [2.45, 2.75) is 45.4 Å². The van der Waals surface area contributed by atoms with Gasteiger partial charge in [0.25, 0.3) is 0 Å². The number of rotatable bonds is 6. The molecule has 0 saturated heterocycles. The van der Waals surface area contributed by atoms with Crippen LogP contribution in [0.5, 0.6) is 0 Å². The summed E-state index contributed by atoms with van der Waals surface area (Å²) in [7, 11) is 1.91. The van der Waals surface area contributed by atoms with Crippen molar-refractivity contribution < 1.29 is 5.11 Å². The maximum absolute atomic E-state index is 9.35. The average molecular weight is 240 g/mol. The largest absolute Gasteiger partial charge is 0.393 e. The molecule has 0 saturated carbocycles. The lowest BCUT2D eigenvalue weighted by Gasteiger charge is -2.22. The van der Waals surface area contributed by atoms with Crippen LogP contribution in [0.15, 0.2) is 6.20 Å². The molecular weight excluding hydrogens is 216 g/mol. The number of hydrogen-bond acceptors (Lipinski definition) is 4. The summed E-state index contributed by atoms with van der Waals surface area (Å²) in [5.74, 6) is 0. The first-order chi connectivity index (χ1) is 7.93. The predicted octanol–water partition coefficient (Wildman–Crippen LogP) is 0.477. The molecule has 0 fully saturated rings. The third kappa shape index (κ3) is 4.11. The zero-order valence-corrected chi connectivity index (χ0v) is 11.1. The average Bonchev–Trinajstić information content (AvgIpc) is 2.53. The molecule has 0 aromatic carbocycles. The molecule has 0 amide bonds. The Bertz CT molecular complexity index is 348.